The topological polar surface area (TPSA) is 80.8 Å². The van der Waals surface area contributed by atoms with Gasteiger partial charge in [0.25, 0.3) is 0 Å². The summed E-state index contributed by atoms with van der Waals surface area (Å²) in [6, 6.07) is 5.72. The van der Waals surface area contributed by atoms with Crippen LogP contribution in [-0.4, -0.2) is 64.7 Å². The van der Waals surface area contributed by atoms with Gasteiger partial charge in [-0.1, -0.05) is 6.42 Å². The fourth-order valence-corrected chi connectivity index (χ4v) is 8.45. The highest BCUT2D eigenvalue weighted by Crippen LogP contribution is 2.31. The van der Waals surface area contributed by atoms with E-state index in [1.807, 2.05) is 0 Å². The normalized spacial score (nSPS) is 27.9. The van der Waals surface area contributed by atoms with E-state index < -0.39 is 31.0 Å². The SMILES string of the molecule is COc1ccc(S(=O)(=O)[C@H]2CS(=O)(=O)C[C@@H]2N2CCCCC2)cc1. The van der Waals surface area contributed by atoms with Crippen LogP contribution in [0.3, 0.4) is 0 Å². The van der Waals surface area contributed by atoms with Gasteiger partial charge >= 0.3 is 0 Å². The van der Waals surface area contributed by atoms with Gasteiger partial charge in [0.05, 0.1) is 28.8 Å². The van der Waals surface area contributed by atoms with Crippen molar-refractivity contribution >= 4 is 19.7 Å². The highest BCUT2D eigenvalue weighted by molar-refractivity contribution is 7.96. The second-order valence-corrected chi connectivity index (χ2v) is 10.8. The van der Waals surface area contributed by atoms with Gasteiger partial charge in [0.1, 0.15) is 5.75 Å². The van der Waals surface area contributed by atoms with E-state index in [0.29, 0.717) is 5.75 Å². The predicted octanol–water partition coefficient (Wildman–Crippen LogP) is 1.12. The van der Waals surface area contributed by atoms with Crippen LogP contribution in [0.4, 0.5) is 0 Å². The molecule has 1 aromatic carbocycles. The van der Waals surface area contributed by atoms with Crippen molar-refractivity contribution in [2.75, 3.05) is 31.7 Å². The Kier molecular flexibility index (Phi) is 4.90. The van der Waals surface area contributed by atoms with E-state index in [4.69, 9.17) is 4.74 Å². The van der Waals surface area contributed by atoms with Crippen molar-refractivity contribution in [3.05, 3.63) is 24.3 Å². The molecular formula is C16H23NO5S2. The second kappa shape index (κ2) is 6.65. The molecule has 2 aliphatic heterocycles. The quantitative estimate of drug-likeness (QED) is 0.787. The first kappa shape index (κ1) is 17.7. The number of rotatable bonds is 4. The molecule has 2 heterocycles. The number of nitrogens with zero attached hydrogens (tertiary/aromatic N) is 1. The van der Waals surface area contributed by atoms with E-state index in [-0.39, 0.29) is 16.4 Å². The van der Waals surface area contributed by atoms with Crippen LogP contribution < -0.4 is 4.74 Å². The van der Waals surface area contributed by atoms with Crippen molar-refractivity contribution in [2.24, 2.45) is 0 Å². The average molecular weight is 373 g/mol. The summed E-state index contributed by atoms with van der Waals surface area (Å²) in [6.07, 6.45) is 3.10. The lowest BCUT2D eigenvalue weighted by atomic mass is 10.1. The first-order valence-corrected chi connectivity index (χ1v) is 11.5. The number of hydrogen-bond donors (Lipinski definition) is 0. The molecule has 2 aliphatic rings. The molecule has 2 fully saturated rings. The number of hydrogen-bond acceptors (Lipinski definition) is 6. The van der Waals surface area contributed by atoms with E-state index in [9.17, 15) is 16.8 Å². The second-order valence-electron chi connectivity index (χ2n) is 6.50. The van der Waals surface area contributed by atoms with Crippen LogP contribution in [0.2, 0.25) is 0 Å². The molecule has 0 unspecified atom stereocenters. The maximum absolute atomic E-state index is 13.0. The molecule has 8 heteroatoms. The zero-order valence-electron chi connectivity index (χ0n) is 13.7. The Labute approximate surface area is 143 Å². The van der Waals surface area contributed by atoms with Crippen LogP contribution >= 0.6 is 0 Å². The molecule has 0 aromatic heterocycles. The number of ether oxygens (including phenoxy) is 1. The van der Waals surface area contributed by atoms with Crippen molar-refractivity contribution in [1.82, 2.24) is 4.90 Å². The molecule has 134 valence electrons. The Bertz CT molecular complexity index is 780. The molecule has 6 nitrogen and oxygen atoms in total. The predicted molar refractivity (Wildman–Crippen MR) is 91.8 cm³/mol. The molecule has 2 atom stereocenters. The summed E-state index contributed by atoms with van der Waals surface area (Å²) in [4.78, 5) is 2.21. The van der Waals surface area contributed by atoms with Crippen LogP contribution in [0, 0.1) is 0 Å². The highest BCUT2D eigenvalue weighted by Gasteiger charge is 2.48. The Hall–Kier alpha value is -1.12. The molecule has 2 saturated heterocycles. The van der Waals surface area contributed by atoms with Gasteiger partial charge in [-0.3, -0.25) is 4.90 Å². The van der Waals surface area contributed by atoms with Gasteiger partial charge in [-0.05, 0) is 50.2 Å². The van der Waals surface area contributed by atoms with Crippen molar-refractivity contribution in [3.63, 3.8) is 0 Å². The maximum Gasteiger partial charge on any atom is 0.183 e. The number of piperidine rings is 1. The van der Waals surface area contributed by atoms with E-state index >= 15 is 0 Å². The number of likely N-dealkylation sites (tertiary alicyclic amines) is 1. The Balaban J connectivity index is 1.93. The van der Waals surface area contributed by atoms with Gasteiger partial charge in [0.15, 0.2) is 19.7 Å². The minimum atomic E-state index is -3.71. The third-order valence-electron chi connectivity index (χ3n) is 4.92. The minimum absolute atomic E-state index is 0.0624. The number of methoxy groups -OCH3 is 1. The first-order chi connectivity index (χ1) is 11.3. The summed E-state index contributed by atoms with van der Waals surface area (Å²) in [5, 5.41) is -0.894. The van der Waals surface area contributed by atoms with Crippen LogP contribution in [0.5, 0.6) is 5.75 Å². The third kappa shape index (κ3) is 3.45. The Morgan fingerprint density at radius 3 is 2.25 bits per heavy atom. The summed E-state index contributed by atoms with van der Waals surface area (Å²) in [7, 11) is -5.54. The zero-order valence-corrected chi connectivity index (χ0v) is 15.4. The van der Waals surface area contributed by atoms with E-state index in [2.05, 4.69) is 4.90 Å². The number of benzene rings is 1. The molecule has 0 saturated carbocycles. The van der Waals surface area contributed by atoms with Crippen LogP contribution in [0.1, 0.15) is 19.3 Å². The van der Waals surface area contributed by atoms with Crippen molar-refractivity contribution < 1.29 is 21.6 Å². The van der Waals surface area contributed by atoms with Crippen molar-refractivity contribution in [1.29, 1.82) is 0 Å². The summed E-state index contributed by atoms with van der Waals surface area (Å²) >= 11 is 0. The molecule has 0 radical (unpaired) electrons. The van der Waals surface area contributed by atoms with Crippen molar-refractivity contribution in [2.45, 2.75) is 35.4 Å². The molecule has 0 bridgehead atoms. The first-order valence-electron chi connectivity index (χ1n) is 8.16. The van der Waals surface area contributed by atoms with E-state index in [1.54, 1.807) is 12.1 Å². The fraction of sp³-hybridized carbons (Fsp3) is 0.625. The Morgan fingerprint density at radius 2 is 1.67 bits per heavy atom. The standard InChI is InChI=1S/C16H23NO5S2/c1-22-13-5-7-14(8-6-13)24(20,21)16-12-23(18,19)11-15(16)17-9-3-2-4-10-17/h5-8,15-16H,2-4,9-12H2,1H3/t15-,16-/m0/s1. The zero-order chi connectivity index (χ0) is 17.4. The molecule has 24 heavy (non-hydrogen) atoms. The number of sulfone groups is 2. The van der Waals surface area contributed by atoms with E-state index in [1.165, 1.54) is 19.2 Å². The van der Waals surface area contributed by atoms with Gasteiger partial charge in [-0.25, -0.2) is 16.8 Å². The average Bonchev–Trinajstić information content (AvgIpc) is 2.92. The van der Waals surface area contributed by atoms with Gasteiger partial charge in [-0.2, -0.15) is 0 Å². The Morgan fingerprint density at radius 1 is 1.04 bits per heavy atom. The van der Waals surface area contributed by atoms with Gasteiger partial charge in [0.2, 0.25) is 0 Å². The monoisotopic (exact) mass is 373 g/mol. The summed E-state index contributed by atoms with van der Waals surface area (Å²) < 4.78 is 55.5. The molecule has 0 N–H and O–H groups in total. The summed E-state index contributed by atoms with van der Waals surface area (Å²) in [5.41, 5.74) is 0. The van der Waals surface area contributed by atoms with E-state index in [0.717, 1.165) is 32.4 Å². The molecule has 0 spiro atoms. The van der Waals surface area contributed by atoms with Gasteiger partial charge in [0, 0.05) is 6.04 Å². The maximum atomic E-state index is 13.0. The summed E-state index contributed by atoms with van der Waals surface area (Å²) in [5.74, 6) is 0.218. The van der Waals surface area contributed by atoms with Crippen LogP contribution in [0.15, 0.2) is 29.2 Å². The molecule has 1 aromatic rings. The lowest BCUT2D eigenvalue weighted by molar-refractivity contribution is 0.178. The molecular weight excluding hydrogens is 350 g/mol. The molecule has 0 aliphatic carbocycles. The lowest BCUT2D eigenvalue weighted by Crippen LogP contribution is -2.48. The fourth-order valence-electron chi connectivity index (χ4n) is 3.62. The van der Waals surface area contributed by atoms with Crippen LogP contribution in [-0.2, 0) is 19.7 Å². The minimum Gasteiger partial charge on any atom is -0.497 e. The van der Waals surface area contributed by atoms with Gasteiger partial charge < -0.3 is 4.74 Å². The smallest absolute Gasteiger partial charge is 0.183 e. The summed E-state index contributed by atoms with van der Waals surface area (Å²) in [6.45, 7) is 1.55. The molecule has 3 rings (SSSR count). The van der Waals surface area contributed by atoms with Crippen molar-refractivity contribution in [3.8, 4) is 5.75 Å². The van der Waals surface area contributed by atoms with Gasteiger partial charge in [-0.15, -0.1) is 0 Å². The van der Waals surface area contributed by atoms with Crippen LogP contribution in [0.25, 0.3) is 0 Å². The largest absolute Gasteiger partial charge is 0.497 e. The lowest BCUT2D eigenvalue weighted by Gasteiger charge is -2.34. The highest BCUT2D eigenvalue weighted by atomic mass is 32.2. The third-order valence-corrected chi connectivity index (χ3v) is 9.05. The molecule has 0 amide bonds.